The van der Waals surface area contributed by atoms with Crippen molar-refractivity contribution >= 4 is 35.1 Å². The number of methoxy groups -OCH3 is 1. The van der Waals surface area contributed by atoms with E-state index in [0.29, 0.717) is 16.6 Å². The first-order valence-corrected chi connectivity index (χ1v) is 8.82. The molecular weight excluding hydrogens is 351 g/mol. The van der Waals surface area contributed by atoms with Crippen LogP contribution < -0.4 is 10.2 Å². The van der Waals surface area contributed by atoms with Crippen molar-refractivity contribution < 1.29 is 19.2 Å². The quantitative estimate of drug-likeness (QED) is 0.771. The molecule has 0 radical (unpaired) electrons. The minimum Gasteiger partial charge on any atom is -0.469 e. The van der Waals surface area contributed by atoms with Gasteiger partial charge in [0.2, 0.25) is 0 Å². The van der Waals surface area contributed by atoms with E-state index in [1.165, 1.54) is 12.0 Å². The van der Waals surface area contributed by atoms with Crippen molar-refractivity contribution in [2.24, 2.45) is 5.92 Å². The number of piperidine rings is 1. The normalized spacial score (nSPS) is 21.8. The van der Waals surface area contributed by atoms with Gasteiger partial charge < -0.3 is 15.0 Å². The van der Waals surface area contributed by atoms with Crippen LogP contribution in [-0.2, 0) is 14.3 Å². The molecule has 1 aliphatic heterocycles. The Morgan fingerprint density at radius 2 is 2.00 bits per heavy atom. The molecule has 1 atom stereocenters. The van der Waals surface area contributed by atoms with E-state index in [4.69, 9.17) is 27.9 Å². The van der Waals surface area contributed by atoms with E-state index in [9.17, 15) is 9.59 Å². The zero-order chi connectivity index (χ0) is 17.7. The van der Waals surface area contributed by atoms with Gasteiger partial charge in [-0.3, -0.25) is 9.59 Å². The summed E-state index contributed by atoms with van der Waals surface area (Å²) in [6.45, 7) is 3.88. The Hall–Kier alpha value is -1.30. The van der Waals surface area contributed by atoms with E-state index >= 15 is 0 Å². The molecule has 2 rings (SSSR count). The summed E-state index contributed by atoms with van der Waals surface area (Å²) in [5.74, 6) is -0.210. The molecule has 0 saturated carbocycles. The van der Waals surface area contributed by atoms with Gasteiger partial charge in [0.05, 0.1) is 32.2 Å². The van der Waals surface area contributed by atoms with E-state index in [1.807, 2.05) is 13.0 Å². The smallest absolute Gasteiger partial charge is 0.309 e. The Labute approximate surface area is 152 Å². The molecule has 1 heterocycles. The maximum Gasteiger partial charge on any atom is 0.309 e. The van der Waals surface area contributed by atoms with Gasteiger partial charge in [0.25, 0.3) is 5.91 Å². The van der Waals surface area contributed by atoms with Crippen molar-refractivity contribution in [3.05, 3.63) is 33.8 Å². The minimum absolute atomic E-state index is 0.0277. The molecule has 1 amide bonds. The van der Waals surface area contributed by atoms with Gasteiger partial charge in [-0.1, -0.05) is 29.3 Å². The number of rotatable bonds is 5. The molecule has 2 N–H and O–H groups in total. The third-order valence-electron chi connectivity index (χ3n) is 4.44. The summed E-state index contributed by atoms with van der Waals surface area (Å²) in [6.07, 6.45) is 1.52. The van der Waals surface area contributed by atoms with Crippen LogP contribution in [0.2, 0.25) is 10.0 Å². The summed E-state index contributed by atoms with van der Waals surface area (Å²) in [5.41, 5.74) is 0.841. The first-order valence-electron chi connectivity index (χ1n) is 8.06. The number of nitrogens with one attached hydrogen (secondary N) is 2. The third kappa shape index (κ3) is 5.10. The lowest BCUT2D eigenvalue weighted by molar-refractivity contribution is -0.897. The van der Waals surface area contributed by atoms with Crippen molar-refractivity contribution in [2.45, 2.75) is 25.8 Å². The fourth-order valence-electron chi connectivity index (χ4n) is 3.06. The van der Waals surface area contributed by atoms with E-state index in [1.54, 1.807) is 12.1 Å². The van der Waals surface area contributed by atoms with Crippen molar-refractivity contribution in [3.63, 3.8) is 0 Å². The Bertz CT molecular complexity index is 601. The second-order valence-electron chi connectivity index (χ2n) is 6.18. The Morgan fingerprint density at radius 1 is 1.33 bits per heavy atom. The maximum atomic E-state index is 12.3. The van der Waals surface area contributed by atoms with Crippen LogP contribution in [0.25, 0.3) is 0 Å². The van der Waals surface area contributed by atoms with Crippen molar-refractivity contribution in [1.82, 2.24) is 5.32 Å². The number of hydrogen-bond donors (Lipinski definition) is 2. The predicted molar refractivity (Wildman–Crippen MR) is 93.3 cm³/mol. The van der Waals surface area contributed by atoms with Gasteiger partial charge in [-0.25, -0.2) is 0 Å². The number of esters is 1. The number of carbonyl (C=O) groups is 2. The fourth-order valence-corrected chi connectivity index (χ4v) is 3.63. The highest BCUT2D eigenvalue weighted by Gasteiger charge is 2.29. The largest absolute Gasteiger partial charge is 0.469 e. The number of carbonyl (C=O) groups excluding carboxylic acids is 2. The summed E-state index contributed by atoms with van der Waals surface area (Å²) in [5, 5.41) is 4.08. The third-order valence-corrected chi connectivity index (χ3v) is 5.01. The van der Waals surface area contributed by atoms with Crippen LogP contribution in [-0.4, -0.2) is 38.6 Å². The average molecular weight is 374 g/mol. The van der Waals surface area contributed by atoms with Crippen molar-refractivity contribution in [1.29, 1.82) is 0 Å². The summed E-state index contributed by atoms with van der Waals surface area (Å²) in [6, 6.07) is 5.07. The Kier molecular flexibility index (Phi) is 6.90. The molecule has 1 aliphatic rings. The van der Waals surface area contributed by atoms with Gasteiger partial charge in [-0.15, -0.1) is 0 Å². The topological polar surface area (TPSA) is 59.8 Å². The van der Waals surface area contributed by atoms with Gasteiger partial charge in [0.15, 0.2) is 6.54 Å². The molecule has 5 nitrogen and oxygen atoms in total. The molecule has 24 heavy (non-hydrogen) atoms. The van der Waals surface area contributed by atoms with Crippen LogP contribution in [0.3, 0.4) is 0 Å². The van der Waals surface area contributed by atoms with Crippen LogP contribution in [0.1, 0.15) is 31.4 Å². The molecular formula is C17H23Cl2N2O3+. The van der Waals surface area contributed by atoms with Crippen LogP contribution >= 0.6 is 23.2 Å². The van der Waals surface area contributed by atoms with E-state index in [-0.39, 0.29) is 23.8 Å². The minimum atomic E-state index is -0.186. The lowest BCUT2D eigenvalue weighted by Gasteiger charge is -2.27. The summed E-state index contributed by atoms with van der Waals surface area (Å²) in [4.78, 5) is 25.0. The highest BCUT2D eigenvalue weighted by molar-refractivity contribution is 6.35. The van der Waals surface area contributed by atoms with Gasteiger partial charge in [-0.2, -0.15) is 0 Å². The molecule has 1 aromatic rings. The molecule has 0 spiro atoms. The lowest BCUT2D eigenvalue weighted by Crippen LogP contribution is -3.14. The number of ether oxygens (including phenoxy) is 1. The zero-order valence-electron chi connectivity index (χ0n) is 13.9. The molecule has 0 bridgehead atoms. The standard InChI is InChI=1S/C17H22Cl2N2O3/c1-11(14-4-3-13(18)9-15(14)19)20-16(22)10-21-7-5-12(6-8-21)17(23)24-2/h3-4,9,11-12H,5-8,10H2,1-2H3,(H,20,22)/p+1/t11-/m0/s1. The number of quaternary nitrogens is 1. The number of halogens is 2. The van der Waals surface area contributed by atoms with Crippen molar-refractivity contribution in [2.75, 3.05) is 26.7 Å². The monoisotopic (exact) mass is 373 g/mol. The molecule has 1 aromatic carbocycles. The fraction of sp³-hybridized carbons (Fsp3) is 0.529. The average Bonchev–Trinajstić information content (AvgIpc) is 2.54. The van der Waals surface area contributed by atoms with Crippen LogP contribution in [0.15, 0.2) is 18.2 Å². The first-order chi connectivity index (χ1) is 11.4. The molecule has 132 valence electrons. The van der Waals surface area contributed by atoms with Crippen LogP contribution in [0.5, 0.6) is 0 Å². The van der Waals surface area contributed by atoms with Gasteiger partial charge in [0.1, 0.15) is 0 Å². The predicted octanol–water partition coefficient (Wildman–Crippen LogP) is 1.64. The number of amides is 1. The second-order valence-corrected chi connectivity index (χ2v) is 7.02. The molecule has 1 fully saturated rings. The molecule has 1 saturated heterocycles. The van der Waals surface area contributed by atoms with Crippen LogP contribution in [0, 0.1) is 5.92 Å². The molecule has 0 aliphatic carbocycles. The van der Waals surface area contributed by atoms with Gasteiger partial charge in [-0.05, 0) is 24.6 Å². The molecule has 0 unspecified atom stereocenters. The Balaban J connectivity index is 1.82. The first kappa shape index (κ1) is 19.0. The Morgan fingerprint density at radius 3 is 2.58 bits per heavy atom. The SMILES string of the molecule is COC(=O)C1CC[NH+](CC(=O)N[C@@H](C)c2ccc(Cl)cc2Cl)CC1. The second kappa shape index (κ2) is 8.70. The van der Waals surface area contributed by atoms with Gasteiger partial charge in [0, 0.05) is 22.9 Å². The highest BCUT2D eigenvalue weighted by atomic mass is 35.5. The summed E-state index contributed by atoms with van der Waals surface area (Å²) in [7, 11) is 1.41. The molecule has 0 aromatic heterocycles. The summed E-state index contributed by atoms with van der Waals surface area (Å²) < 4.78 is 4.78. The molecule has 7 heteroatoms. The van der Waals surface area contributed by atoms with E-state index < -0.39 is 0 Å². The van der Waals surface area contributed by atoms with Crippen LogP contribution in [0.4, 0.5) is 0 Å². The zero-order valence-corrected chi connectivity index (χ0v) is 15.4. The number of hydrogen-bond acceptors (Lipinski definition) is 3. The maximum absolute atomic E-state index is 12.3. The highest BCUT2D eigenvalue weighted by Crippen LogP contribution is 2.25. The number of likely N-dealkylation sites (tertiary alicyclic amines) is 1. The van der Waals surface area contributed by atoms with E-state index in [0.717, 1.165) is 31.5 Å². The van der Waals surface area contributed by atoms with E-state index in [2.05, 4.69) is 5.32 Å². The van der Waals surface area contributed by atoms with Crippen molar-refractivity contribution in [3.8, 4) is 0 Å². The lowest BCUT2D eigenvalue weighted by atomic mass is 9.97. The van der Waals surface area contributed by atoms with Gasteiger partial charge >= 0.3 is 5.97 Å². The summed E-state index contributed by atoms with van der Waals surface area (Å²) >= 11 is 12.1. The number of benzene rings is 1.